The van der Waals surface area contributed by atoms with Crippen LogP contribution < -0.4 is 4.90 Å². The molecule has 2 aromatic heterocycles. The Morgan fingerprint density at radius 3 is 2.50 bits per heavy atom. The molecule has 4 heterocycles. The summed E-state index contributed by atoms with van der Waals surface area (Å²) in [6.07, 6.45) is 8.38. The molecule has 7 heteroatoms. The lowest BCUT2D eigenvalue weighted by Gasteiger charge is -2.40. The van der Waals surface area contributed by atoms with Crippen molar-refractivity contribution in [1.82, 2.24) is 10.1 Å². The number of anilines is 1. The number of pyridine rings is 1. The zero-order valence-electron chi connectivity index (χ0n) is 21.2. The number of aryl methyl sites for hydroxylation is 2. The molecule has 7 nitrogen and oxygen atoms in total. The van der Waals surface area contributed by atoms with Gasteiger partial charge in [-0.2, -0.15) is 0 Å². The van der Waals surface area contributed by atoms with E-state index >= 15 is 0 Å². The second kappa shape index (κ2) is 9.36. The molecule has 3 fully saturated rings. The molecule has 1 aliphatic carbocycles. The van der Waals surface area contributed by atoms with Gasteiger partial charge < -0.3 is 18.9 Å². The number of hydrogen-bond donors (Lipinski definition) is 0. The van der Waals surface area contributed by atoms with Gasteiger partial charge in [-0.15, -0.1) is 0 Å². The van der Waals surface area contributed by atoms with E-state index in [1.807, 2.05) is 13.0 Å². The van der Waals surface area contributed by atoms with E-state index < -0.39 is 0 Å². The first kappa shape index (κ1) is 23.2. The molecular formula is C29H33N3O4. The van der Waals surface area contributed by atoms with Crippen molar-refractivity contribution in [2.24, 2.45) is 0 Å². The standard InChI is InChI=1S/C29H33N3O4/c1-17-6-4-5-7-24(17)26-25(27(36-31-26)19-8-9-19)16-35-23-13-21-10-11-22(14-23)32(21)28-18(2)12-20(15-30-28)29(33)34-3/h4-7,12,15,19,21-23H,8-11,13-14,16H2,1-3H3/t21-,22?,23-/m0/s1. The van der Waals surface area contributed by atoms with Gasteiger partial charge in [0, 0.05) is 35.3 Å². The van der Waals surface area contributed by atoms with E-state index in [1.165, 1.54) is 25.5 Å². The zero-order valence-corrected chi connectivity index (χ0v) is 21.2. The number of hydrogen-bond acceptors (Lipinski definition) is 7. The highest BCUT2D eigenvalue weighted by Crippen LogP contribution is 2.45. The smallest absolute Gasteiger partial charge is 0.339 e. The van der Waals surface area contributed by atoms with Crippen molar-refractivity contribution in [3.63, 3.8) is 0 Å². The van der Waals surface area contributed by atoms with Gasteiger partial charge in [-0.25, -0.2) is 9.78 Å². The molecule has 1 unspecified atom stereocenters. The third-order valence-corrected chi connectivity index (χ3v) is 8.04. The molecule has 6 rings (SSSR count). The SMILES string of the molecule is COC(=O)c1cnc(N2C3CC[C@H]2C[C@H](OCc2c(-c4ccccc4C)noc2C2CC2)C3)c(C)c1. The van der Waals surface area contributed by atoms with Gasteiger partial charge in [0.05, 0.1) is 25.4 Å². The average molecular weight is 488 g/mol. The number of aromatic nitrogens is 2. The average Bonchev–Trinajstić information content (AvgIpc) is 3.59. The number of ether oxygens (including phenoxy) is 2. The summed E-state index contributed by atoms with van der Waals surface area (Å²) in [5.41, 5.74) is 5.88. The molecule has 0 spiro atoms. The van der Waals surface area contributed by atoms with Crippen LogP contribution in [0.5, 0.6) is 0 Å². The zero-order chi connectivity index (χ0) is 24.8. The van der Waals surface area contributed by atoms with E-state index in [0.29, 0.717) is 30.2 Å². The summed E-state index contributed by atoms with van der Waals surface area (Å²) in [6, 6.07) is 11.0. The molecule has 0 radical (unpaired) electrons. The number of nitrogens with zero attached hydrogens (tertiary/aromatic N) is 3. The maximum absolute atomic E-state index is 11.9. The van der Waals surface area contributed by atoms with Crippen molar-refractivity contribution >= 4 is 11.8 Å². The van der Waals surface area contributed by atoms with E-state index in [1.54, 1.807) is 6.20 Å². The highest BCUT2D eigenvalue weighted by atomic mass is 16.5. The molecule has 36 heavy (non-hydrogen) atoms. The Bertz CT molecular complexity index is 1270. The van der Waals surface area contributed by atoms with Crippen molar-refractivity contribution in [2.45, 2.75) is 83.1 Å². The third kappa shape index (κ3) is 4.19. The van der Waals surface area contributed by atoms with Crippen LogP contribution in [0.3, 0.4) is 0 Å². The minimum atomic E-state index is -0.350. The van der Waals surface area contributed by atoms with Crippen LogP contribution in [0, 0.1) is 13.8 Å². The third-order valence-electron chi connectivity index (χ3n) is 8.04. The fraction of sp³-hybridized carbons (Fsp3) is 0.483. The predicted molar refractivity (Wildman–Crippen MR) is 136 cm³/mol. The van der Waals surface area contributed by atoms with Crippen LogP contribution in [0.4, 0.5) is 5.82 Å². The number of benzene rings is 1. The van der Waals surface area contributed by atoms with Gasteiger partial charge in [-0.05, 0) is 69.6 Å². The predicted octanol–water partition coefficient (Wildman–Crippen LogP) is 5.73. The fourth-order valence-corrected chi connectivity index (χ4v) is 6.06. The number of carbonyl (C=O) groups excluding carboxylic acids is 1. The Morgan fingerprint density at radius 2 is 1.83 bits per heavy atom. The Morgan fingerprint density at radius 1 is 1.08 bits per heavy atom. The highest BCUT2D eigenvalue weighted by molar-refractivity contribution is 5.89. The van der Waals surface area contributed by atoms with Crippen molar-refractivity contribution < 1.29 is 18.8 Å². The van der Waals surface area contributed by atoms with Gasteiger partial charge >= 0.3 is 5.97 Å². The minimum absolute atomic E-state index is 0.195. The molecule has 3 aromatic rings. The van der Waals surface area contributed by atoms with Gasteiger partial charge in [0.25, 0.3) is 0 Å². The number of fused-ring (bicyclic) bond motifs is 2. The lowest BCUT2D eigenvalue weighted by Crippen LogP contribution is -2.46. The van der Waals surface area contributed by atoms with E-state index in [4.69, 9.17) is 14.0 Å². The monoisotopic (exact) mass is 487 g/mol. The van der Waals surface area contributed by atoms with Crippen molar-refractivity contribution in [2.75, 3.05) is 12.0 Å². The number of rotatable bonds is 7. The maximum atomic E-state index is 11.9. The highest BCUT2D eigenvalue weighted by Gasteiger charge is 2.43. The molecule has 0 N–H and O–H groups in total. The van der Waals surface area contributed by atoms with Crippen LogP contribution in [-0.4, -0.2) is 41.4 Å². The van der Waals surface area contributed by atoms with Crippen LogP contribution in [0.1, 0.15) is 77.3 Å². The van der Waals surface area contributed by atoms with Crippen LogP contribution in [0.15, 0.2) is 41.1 Å². The van der Waals surface area contributed by atoms with Crippen LogP contribution >= 0.6 is 0 Å². The first-order valence-corrected chi connectivity index (χ1v) is 13.0. The quantitative estimate of drug-likeness (QED) is 0.394. The molecule has 1 saturated carbocycles. The molecule has 2 aliphatic heterocycles. The van der Waals surface area contributed by atoms with Gasteiger partial charge in [-0.1, -0.05) is 29.4 Å². The first-order chi connectivity index (χ1) is 17.5. The molecule has 1 aromatic carbocycles. The minimum Gasteiger partial charge on any atom is -0.465 e. The largest absolute Gasteiger partial charge is 0.465 e. The second-order valence-corrected chi connectivity index (χ2v) is 10.5. The topological polar surface area (TPSA) is 77.7 Å². The maximum Gasteiger partial charge on any atom is 0.339 e. The molecule has 2 bridgehead atoms. The van der Waals surface area contributed by atoms with Crippen LogP contribution in [-0.2, 0) is 16.1 Å². The van der Waals surface area contributed by atoms with Gasteiger partial charge in [0.15, 0.2) is 0 Å². The number of esters is 1. The lowest BCUT2D eigenvalue weighted by molar-refractivity contribution is 0.0145. The summed E-state index contributed by atoms with van der Waals surface area (Å²) in [5.74, 6) is 2.12. The van der Waals surface area contributed by atoms with Crippen LogP contribution in [0.2, 0.25) is 0 Å². The number of piperidine rings is 1. The summed E-state index contributed by atoms with van der Waals surface area (Å²) in [5, 5.41) is 4.50. The van der Waals surface area contributed by atoms with Crippen molar-refractivity contribution in [3.8, 4) is 11.3 Å². The molecule has 3 atom stereocenters. The molecule has 2 saturated heterocycles. The summed E-state index contributed by atoms with van der Waals surface area (Å²) in [7, 11) is 1.40. The van der Waals surface area contributed by atoms with Crippen molar-refractivity contribution in [3.05, 3.63) is 64.5 Å². The first-order valence-electron chi connectivity index (χ1n) is 13.0. The Kier molecular flexibility index (Phi) is 6.04. The Hall–Kier alpha value is -3.19. The summed E-state index contributed by atoms with van der Waals surface area (Å²) in [4.78, 5) is 19.0. The summed E-state index contributed by atoms with van der Waals surface area (Å²) in [6.45, 7) is 4.68. The second-order valence-electron chi connectivity index (χ2n) is 10.5. The molecular weight excluding hydrogens is 454 g/mol. The van der Waals surface area contributed by atoms with E-state index in [9.17, 15) is 4.79 Å². The Balaban J connectivity index is 1.18. The number of carbonyl (C=O) groups is 1. The summed E-state index contributed by atoms with van der Waals surface area (Å²) >= 11 is 0. The van der Waals surface area contributed by atoms with Crippen molar-refractivity contribution in [1.29, 1.82) is 0 Å². The van der Waals surface area contributed by atoms with Crippen LogP contribution in [0.25, 0.3) is 11.3 Å². The molecule has 3 aliphatic rings. The number of methoxy groups -OCH3 is 1. The van der Waals surface area contributed by atoms with Gasteiger partial charge in [-0.3, -0.25) is 0 Å². The lowest BCUT2D eigenvalue weighted by atomic mass is 9.98. The molecule has 188 valence electrons. The Labute approximate surface area is 211 Å². The van der Waals surface area contributed by atoms with Gasteiger partial charge in [0.1, 0.15) is 17.3 Å². The fourth-order valence-electron chi connectivity index (χ4n) is 6.06. The van der Waals surface area contributed by atoms with E-state index in [-0.39, 0.29) is 12.1 Å². The normalized spacial score (nSPS) is 23.2. The van der Waals surface area contributed by atoms with E-state index in [2.05, 4.69) is 46.2 Å². The van der Waals surface area contributed by atoms with E-state index in [0.717, 1.165) is 59.6 Å². The molecule has 0 amide bonds. The van der Waals surface area contributed by atoms with Gasteiger partial charge in [0.2, 0.25) is 0 Å². The summed E-state index contributed by atoms with van der Waals surface area (Å²) < 4.78 is 17.3.